The first-order valence-corrected chi connectivity index (χ1v) is 13.7. The molecule has 0 unspecified atom stereocenters. The van der Waals surface area contributed by atoms with Crippen molar-refractivity contribution in [2.75, 3.05) is 74.0 Å². The molecule has 0 radical (unpaired) electrons. The van der Waals surface area contributed by atoms with Crippen molar-refractivity contribution in [3.05, 3.63) is 77.9 Å². The summed E-state index contributed by atoms with van der Waals surface area (Å²) < 4.78 is 10.7. The average molecular weight is 546 g/mol. The molecule has 1 aliphatic rings. The molecule has 1 fully saturated rings. The smallest absolute Gasteiger partial charge is 0.323 e. The van der Waals surface area contributed by atoms with Gasteiger partial charge in [0.15, 0.2) is 0 Å². The van der Waals surface area contributed by atoms with E-state index in [0.717, 1.165) is 49.7 Å². The number of carbonyl (C=O) groups is 2. The molecule has 1 saturated heterocycles. The molecule has 3 aromatic rings. The zero-order chi connectivity index (χ0) is 28.3. The van der Waals surface area contributed by atoms with Crippen molar-refractivity contribution in [2.45, 2.75) is 19.8 Å². The maximum Gasteiger partial charge on any atom is 0.323 e. The van der Waals surface area contributed by atoms with Crippen molar-refractivity contribution < 1.29 is 19.1 Å². The fourth-order valence-electron chi connectivity index (χ4n) is 4.78. The van der Waals surface area contributed by atoms with Gasteiger partial charge >= 0.3 is 6.03 Å². The van der Waals surface area contributed by atoms with Crippen LogP contribution in [-0.2, 0) is 11.2 Å². The van der Waals surface area contributed by atoms with Gasteiger partial charge in [-0.3, -0.25) is 4.79 Å². The number of piperazine rings is 1. The summed E-state index contributed by atoms with van der Waals surface area (Å²) in [6.45, 7) is 6.21. The molecule has 9 nitrogen and oxygen atoms in total. The van der Waals surface area contributed by atoms with Gasteiger partial charge in [0, 0.05) is 63.5 Å². The molecule has 0 aliphatic carbocycles. The normalized spacial score (nSPS) is 13.1. The van der Waals surface area contributed by atoms with Crippen LogP contribution in [0.25, 0.3) is 0 Å². The summed E-state index contributed by atoms with van der Waals surface area (Å²) in [7, 11) is 3.33. The molecule has 1 heterocycles. The highest BCUT2D eigenvalue weighted by Gasteiger charge is 2.24. The SMILES string of the molecule is CCc1ccc(NC(=O)Nc2ccc(N3CCN(c4ccccc4OC)CC3)c(C(=O)NCCCOC)c2)cc1. The van der Waals surface area contributed by atoms with Gasteiger partial charge in [-0.15, -0.1) is 0 Å². The van der Waals surface area contributed by atoms with Crippen molar-refractivity contribution >= 4 is 34.7 Å². The van der Waals surface area contributed by atoms with Crippen LogP contribution in [0.3, 0.4) is 0 Å². The van der Waals surface area contributed by atoms with Crippen LogP contribution < -0.4 is 30.5 Å². The van der Waals surface area contributed by atoms with Gasteiger partial charge in [-0.1, -0.05) is 31.2 Å². The summed E-state index contributed by atoms with van der Waals surface area (Å²) >= 11 is 0. The predicted octanol–water partition coefficient (Wildman–Crippen LogP) is 4.99. The Hall–Kier alpha value is -4.24. The van der Waals surface area contributed by atoms with Crippen LogP contribution in [0, 0.1) is 0 Å². The number of benzene rings is 3. The van der Waals surface area contributed by atoms with Gasteiger partial charge in [0.05, 0.1) is 18.4 Å². The number of methoxy groups -OCH3 is 2. The van der Waals surface area contributed by atoms with Crippen molar-refractivity contribution in [3.63, 3.8) is 0 Å². The molecule has 40 heavy (non-hydrogen) atoms. The van der Waals surface area contributed by atoms with Gasteiger partial charge < -0.3 is 35.2 Å². The van der Waals surface area contributed by atoms with E-state index in [9.17, 15) is 9.59 Å². The molecular weight excluding hydrogens is 506 g/mol. The lowest BCUT2D eigenvalue weighted by molar-refractivity contribution is 0.0949. The Bertz CT molecular complexity index is 1270. The summed E-state index contributed by atoms with van der Waals surface area (Å²) in [5.74, 6) is 0.666. The predicted molar refractivity (Wildman–Crippen MR) is 161 cm³/mol. The number of anilines is 4. The summed E-state index contributed by atoms with van der Waals surface area (Å²) in [6, 6.07) is 20.9. The van der Waals surface area contributed by atoms with Crippen molar-refractivity contribution in [3.8, 4) is 5.75 Å². The second kappa shape index (κ2) is 14.2. The highest BCUT2D eigenvalue weighted by Crippen LogP contribution is 2.31. The zero-order valence-corrected chi connectivity index (χ0v) is 23.5. The number of hydrogen-bond acceptors (Lipinski definition) is 6. The van der Waals surface area contributed by atoms with Crippen LogP contribution in [-0.4, -0.2) is 65.5 Å². The average Bonchev–Trinajstić information content (AvgIpc) is 2.99. The number of amides is 3. The molecule has 0 bridgehead atoms. The van der Waals surface area contributed by atoms with Crippen LogP contribution in [0.5, 0.6) is 5.75 Å². The van der Waals surface area contributed by atoms with Crippen molar-refractivity contribution in [1.29, 1.82) is 0 Å². The van der Waals surface area contributed by atoms with E-state index >= 15 is 0 Å². The number of urea groups is 1. The van der Waals surface area contributed by atoms with Crippen molar-refractivity contribution in [1.82, 2.24) is 5.32 Å². The first-order valence-electron chi connectivity index (χ1n) is 13.7. The van der Waals surface area contributed by atoms with Crippen LogP contribution in [0.4, 0.5) is 27.5 Å². The largest absolute Gasteiger partial charge is 0.495 e. The Labute approximate surface area is 236 Å². The first-order chi connectivity index (χ1) is 19.5. The third-order valence-corrected chi connectivity index (χ3v) is 6.98. The monoisotopic (exact) mass is 545 g/mol. The summed E-state index contributed by atoms with van der Waals surface area (Å²) in [6.07, 6.45) is 1.65. The van der Waals surface area contributed by atoms with Crippen LogP contribution in [0.1, 0.15) is 29.3 Å². The third kappa shape index (κ3) is 7.45. The third-order valence-electron chi connectivity index (χ3n) is 6.98. The molecule has 0 atom stereocenters. The number of hydrogen-bond donors (Lipinski definition) is 3. The minimum Gasteiger partial charge on any atom is -0.495 e. The maximum atomic E-state index is 13.3. The summed E-state index contributed by atoms with van der Waals surface area (Å²) in [5, 5.41) is 8.72. The van der Waals surface area contributed by atoms with Crippen LogP contribution in [0.2, 0.25) is 0 Å². The minimum atomic E-state index is -0.367. The van der Waals surface area contributed by atoms with Gasteiger partial charge in [-0.05, 0) is 60.9 Å². The molecule has 3 amide bonds. The second-order valence-corrected chi connectivity index (χ2v) is 9.61. The number of carbonyl (C=O) groups excluding carboxylic acids is 2. The number of ether oxygens (including phenoxy) is 2. The lowest BCUT2D eigenvalue weighted by atomic mass is 10.1. The highest BCUT2D eigenvalue weighted by atomic mass is 16.5. The Morgan fingerprint density at radius 1 is 0.825 bits per heavy atom. The van der Waals surface area contributed by atoms with E-state index < -0.39 is 0 Å². The van der Waals surface area contributed by atoms with E-state index in [0.29, 0.717) is 36.5 Å². The van der Waals surface area contributed by atoms with Gasteiger partial charge in [-0.25, -0.2) is 4.79 Å². The minimum absolute atomic E-state index is 0.183. The fraction of sp³-hybridized carbons (Fsp3) is 0.355. The van der Waals surface area contributed by atoms with Crippen LogP contribution in [0.15, 0.2) is 66.7 Å². The highest BCUT2D eigenvalue weighted by molar-refractivity contribution is 6.04. The van der Waals surface area contributed by atoms with E-state index in [2.05, 4.69) is 38.7 Å². The summed E-state index contributed by atoms with van der Waals surface area (Å²) in [5.41, 5.74) is 4.87. The number of rotatable bonds is 11. The molecule has 4 rings (SSSR count). The maximum absolute atomic E-state index is 13.3. The molecular formula is C31H39N5O4. The lowest BCUT2D eigenvalue weighted by Gasteiger charge is -2.38. The number of aryl methyl sites for hydroxylation is 1. The number of para-hydroxylation sites is 2. The van der Waals surface area contributed by atoms with E-state index in [1.807, 2.05) is 54.6 Å². The molecule has 3 N–H and O–H groups in total. The van der Waals surface area contributed by atoms with Gasteiger partial charge in [0.25, 0.3) is 5.91 Å². The van der Waals surface area contributed by atoms with Gasteiger partial charge in [-0.2, -0.15) is 0 Å². The Morgan fingerprint density at radius 3 is 2.15 bits per heavy atom. The number of nitrogens with one attached hydrogen (secondary N) is 3. The molecule has 0 spiro atoms. The van der Waals surface area contributed by atoms with E-state index in [4.69, 9.17) is 9.47 Å². The topological polar surface area (TPSA) is 95.2 Å². The number of nitrogens with zero attached hydrogens (tertiary/aromatic N) is 2. The molecule has 3 aromatic carbocycles. The van der Waals surface area contributed by atoms with E-state index in [1.165, 1.54) is 5.56 Å². The second-order valence-electron chi connectivity index (χ2n) is 9.61. The zero-order valence-electron chi connectivity index (χ0n) is 23.5. The Kier molecular flexibility index (Phi) is 10.2. The Morgan fingerprint density at radius 2 is 1.48 bits per heavy atom. The molecule has 212 valence electrons. The lowest BCUT2D eigenvalue weighted by Crippen LogP contribution is -2.47. The molecule has 9 heteroatoms. The fourth-order valence-corrected chi connectivity index (χ4v) is 4.78. The quantitative estimate of drug-likeness (QED) is 0.294. The molecule has 0 saturated carbocycles. The van der Waals surface area contributed by atoms with E-state index in [-0.39, 0.29) is 11.9 Å². The molecule has 0 aromatic heterocycles. The van der Waals surface area contributed by atoms with Gasteiger partial charge in [0.2, 0.25) is 0 Å². The van der Waals surface area contributed by atoms with Crippen molar-refractivity contribution in [2.24, 2.45) is 0 Å². The van der Waals surface area contributed by atoms with E-state index in [1.54, 1.807) is 20.3 Å². The standard InChI is InChI=1S/C31H39N5O4/c1-4-23-10-12-24(13-11-23)33-31(38)34-25-14-15-27(26(22-25)30(37)32-16-7-21-39-2)35-17-19-36(20-18-35)28-8-5-6-9-29(28)40-3/h5-6,8-15,22H,4,7,16-21H2,1-3H3,(H,32,37)(H2,33,34,38). The van der Waals surface area contributed by atoms with Gasteiger partial charge in [0.1, 0.15) is 5.75 Å². The van der Waals surface area contributed by atoms with Crippen LogP contribution >= 0.6 is 0 Å². The first kappa shape index (κ1) is 28.8. The Balaban J connectivity index is 1.48. The summed E-state index contributed by atoms with van der Waals surface area (Å²) in [4.78, 5) is 30.5. The molecule has 1 aliphatic heterocycles.